The molecule has 0 aliphatic carbocycles. The van der Waals surface area contributed by atoms with Crippen LogP contribution in [-0.2, 0) is 4.74 Å². The van der Waals surface area contributed by atoms with E-state index in [0.29, 0.717) is 0 Å². The summed E-state index contributed by atoms with van der Waals surface area (Å²) in [7, 11) is 0. The number of ether oxygens (including phenoxy) is 1. The Morgan fingerprint density at radius 1 is 1.60 bits per heavy atom. The van der Waals surface area contributed by atoms with Crippen LogP contribution in [0, 0.1) is 0 Å². The van der Waals surface area contributed by atoms with Crippen LogP contribution in [0.15, 0.2) is 0 Å². The summed E-state index contributed by atoms with van der Waals surface area (Å²) in [6.07, 6.45) is 2.53. The van der Waals surface area contributed by atoms with Gasteiger partial charge in [0.1, 0.15) is 0 Å². The summed E-state index contributed by atoms with van der Waals surface area (Å²) in [6, 6.07) is 0. The van der Waals surface area contributed by atoms with Gasteiger partial charge in [-0.3, -0.25) is 0 Å². The molecule has 3 heteroatoms. The van der Waals surface area contributed by atoms with Gasteiger partial charge in [-0.1, -0.05) is 0 Å². The lowest BCUT2D eigenvalue weighted by molar-refractivity contribution is 0.101. The third-order valence-corrected chi connectivity index (χ3v) is 2.90. The van der Waals surface area contributed by atoms with Crippen LogP contribution in [0.25, 0.3) is 0 Å². The lowest BCUT2D eigenvalue weighted by Gasteiger charge is -2.20. The SMILES string of the molecule is NCCSC1CCCOC1. The van der Waals surface area contributed by atoms with Gasteiger partial charge in [-0.25, -0.2) is 0 Å². The van der Waals surface area contributed by atoms with Crippen molar-refractivity contribution in [3.8, 4) is 0 Å². The van der Waals surface area contributed by atoms with Crippen LogP contribution in [-0.4, -0.2) is 30.8 Å². The number of hydrogen-bond donors (Lipinski definition) is 1. The van der Waals surface area contributed by atoms with Crippen molar-refractivity contribution in [1.82, 2.24) is 0 Å². The molecule has 0 bridgehead atoms. The van der Waals surface area contributed by atoms with E-state index >= 15 is 0 Å². The summed E-state index contributed by atoms with van der Waals surface area (Å²) in [5, 5.41) is 0.720. The molecule has 0 aromatic rings. The number of nitrogens with two attached hydrogens (primary N) is 1. The molecule has 1 heterocycles. The van der Waals surface area contributed by atoms with Gasteiger partial charge in [-0.05, 0) is 12.8 Å². The first kappa shape index (κ1) is 8.37. The molecule has 0 radical (unpaired) electrons. The molecule has 0 spiro atoms. The molecule has 0 aromatic carbocycles. The Morgan fingerprint density at radius 2 is 2.50 bits per heavy atom. The lowest BCUT2D eigenvalue weighted by Crippen LogP contribution is -2.20. The van der Waals surface area contributed by atoms with Gasteiger partial charge in [0.25, 0.3) is 0 Å². The van der Waals surface area contributed by atoms with Crippen molar-refractivity contribution in [2.75, 3.05) is 25.5 Å². The van der Waals surface area contributed by atoms with Crippen molar-refractivity contribution < 1.29 is 4.74 Å². The molecule has 1 unspecified atom stereocenters. The number of hydrogen-bond acceptors (Lipinski definition) is 3. The molecular weight excluding hydrogens is 146 g/mol. The molecule has 0 aromatic heterocycles. The maximum Gasteiger partial charge on any atom is 0.0585 e. The molecule has 2 nitrogen and oxygen atoms in total. The summed E-state index contributed by atoms with van der Waals surface area (Å²) >= 11 is 1.95. The molecule has 1 fully saturated rings. The summed E-state index contributed by atoms with van der Waals surface area (Å²) in [5.74, 6) is 1.08. The minimum absolute atomic E-state index is 0.720. The second kappa shape index (κ2) is 4.99. The first-order valence-electron chi connectivity index (χ1n) is 3.83. The van der Waals surface area contributed by atoms with Crippen molar-refractivity contribution in [3.63, 3.8) is 0 Å². The fraction of sp³-hybridized carbons (Fsp3) is 1.00. The minimum Gasteiger partial charge on any atom is -0.380 e. The normalized spacial score (nSPS) is 26.7. The Morgan fingerprint density at radius 3 is 3.10 bits per heavy atom. The van der Waals surface area contributed by atoms with E-state index < -0.39 is 0 Å². The van der Waals surface area contributed by atoms with Gasteiger partial charge in [0, 0.05) is 24.2 Å². The van der Waals surface area contributed by atoms with Gasteiger partial charge in [-0.15, -0.1) is 0 Å². The largest absolute Gasteiger partial charge is 0.380 e. The fourth-order valence-corrected chi connectivity index (χ4v) is 2.07. The summed E-state index contributed by atoms with van der Waals surface area (Å²) in [5.41, 5.74) is 5.38. The molecule has 10 heavy (non-hydrogen) atoms. The Labute approximate surface area is 66.5 Å². The zero-order valence-electron chi connectivity index (χ0n) is 6.21. The van der Waals surface area contributed by atoms with E-state index in [-0.39, 0.29) is 0 Å². The molecule has 1 aliphatic rings. The van der Waals surface area contributed by atoms with E-state index in [1.165, 1.54) is 12.8 Å². The Bertz CT molecular complexity index is 83.7. The van der Waals surface area contributed by atoms with Gasteiger partial charge in [-0.2, -0.15) is 11.8 Å². The summed E-state index contributed by atoms with van der Waals surface area (Å²) < 4.78 is 5.32. The minimum atomic E-state index is 0.720. The van der Waals surface area contributed by atoms with Crippen LogP contribution in [0.5, 0.6) is 0 Å². The molecule has 1 atom stereocenters. The topological polar surface area (TPSA) is 35.2 Å². The van der Waals surface area contributed by atoms with Crippen molar-refractivity contribution in [2.24, 2.45) is 5.73 Å². The molecule has 1 rings (SSSR count). The number of rotatable bonds is 3. The van der Waals surface area contributed by atoms with E-state index in [9.17, 15) is 0 Å². The van der Waals surface area contributed by atoms with Gasteiger partial charge >= 0.3 is 0 Å². The van der Waals surface area contributed by atoms with Crippen molar-refractivity contribution in [3.05, 3.63) is 0 Å². The first-order valence-corrected chi connectivity index (χ1v) is 4.88. The maximum absolute atomic E-state index is 5.38. The van der Waals surface area contributed by atoms with Gasteiger partial charge in [0.2, 0.25) is 0 Å². The average Bonchev–Trinajstić information content (AvgIpc) is 2.03. The van der Waals surface area contributed by atoms with Gasteiger partial charge in [0.15, 0.2) is 0 Å². The van der Waals surface area contributed by atoms with Crippen LogP contribution in [0.2, 0.25) is 0 Å². The zero-order valence-corrected chi connectivity index (χ0v) is 7.03. The van der Waals surface area contributed by atoms with E-state index in [1.807, 2.05) is 11.8 Å². The molecule has 2 N–H and O–H groups in total. The number of thioether (sulfide) groups is 1. The Balaban J connectivity index is 2.02. The predicted molar refractivity (Wildman–Crippen MR) is 45.4 cm³/mol. The Kier molecular flexibility index (Phi) is 4.18. The third kappa shape index (κ3) is 2.90. The quantitative estimate of drug-likeness (QED) is 0.666. The second-order valence-corrected chi connectivity index (χ2v) is 3.91. The molecule has 0 saturated carbocycles. The maximum atomic E-state index is 5.38. The van der Waals surface area contributed by atoms with Crippen LogP contribution < -0.4 is 5.73 Å². The first-order chi connectivity index (χ1) is 4.93. The van der Waals surface area contributed by atoms with E-state index in [1.54, 1.807) is 0 Å². The molecule has 1 saturated heterocycles. The monoisotopic (exact) mass is 161 g/mol. The highest BCUT2D eigenvalue weighted by Gasteiger charge is 2.12. The average molecular weight is 161 g/mol. The van der Waals surface area contributed by atoms with E-state index in [2.05, 4.69) is 0 Å². The van der Waals surface area contributed by atoms with Crippen molar-refractivity contribution >= 4 is 11.8 Å². The highest BCUT2D eigenvalue weighted by atomic mass is 32.2. The van der Waals surface area contributed by atoms with Crippen molar-refractivity contribution in [2.45, 2.75) is 18.1 Å². The molecule has 60 valence electrons. The molecule has 0 amide bonds. The van der Waals surface area contributed by atoms with Crippen LogP contribution >= 0.6 is 11.8 Å². The Hall–Kier alpha value is 0.270. The molecular formula is C7H15NOS. The highest BCUT2D eigenvalue weighted by Crippen LogP contribution is 2.19. The second-order valence-electron chi connectivity index (χ2n) is 2.50. The lowest BCUT2D eigenvalue weighted by atomic mass is 10.2. The fourth-order valence-electron chi connectivity index (χ4n) is 1.08. The van der Waals surface area contributed by atoms with Crippen LogP contribution in [0.1, 0.15) is 12.8 Å². The third-order valence-electron chi connectivity index (χ3n) is 1.59. The summed E-state index contributed by atoms with van der Waals surface area (Å²) in [4.78, 5) is 0. The highest BCUT2D eigenvalue weighted by molar-refractivity contribution is 7.99. The standard InChI is InChI=1S/C7H15NOS/c8-3-5-10-7-2-1-4-9-6-7/h7H,1-6,8H2. The van der Waals surface area contributed by atoms with Crippen molar-refractivity contribution in [1.29, 1.82) is 0 Å². The van der Waals surface area contributed by atoms with Crippen LogP contribution in [0.4, 0.5) is 0 Å². The molecule has 1 aliphatic heterocycles. The van der Waals surface area contributed by atoms with Gasteiger partial charge in [0.05, 0.1) is 6.61 Å². The smallest absolute Gasteiger partial charge is 0.0585 e. The predicted octanol–water partition coefficient (Wildman–Crippen LogP) is 0.857. The summed E-state index contributed by atoms with van der Waals surface area (Å²) in [6.45, 7) is 2.69. The van der Waals surface area contributed by atoms with E-state index in [0.717, 1.165) is 30.8 Å². The zero-order chi connectivity index (χ0) is 7.23. The van der Waals surface area contributed by atoms with Crippen LogP contribution in [0.3, 0.4) is 0 Å². The van der Waals surface area contributed by atoms with E-state index in [4.69, 9.17) is 10.5 Å². The van der Waals surface area contributed by atoms with Gasteiger partial charge < -0.3 is 10.5 Å².